The molecule has 3 rings (SSSR count). The van der Waals surface area contributed by atoms with Crippen LogP contribution in [0.4, 0.5) is 10.1 Å². The third-order valence-corrected chi connectivity index (χ3v) is 3.45. The van der Waals surface area contributed by atoms with Crippen molar-refractivity contribution >= 4 is 11.6 Å². The number of hydrogen-bond donors (Lipinski definition) is 1. The van der Waals surface area contributed by atoms with Gasteiger partial charge in [0, 0.05) is 11.3 Å². The first-order valence-corrected chi connectivity index (χ1v) is 7.54. The molecule has 120 valence electrons. The highest BCUT2D eigenvalue weighted by molar-refractivity contribution is 6.04. The summed E-state index contributed by atoms with van der Waals surface area (Å²) in [4.78, 5) is 12.3. The molecule has 0 saturated heterocycles. The summed E-state index contributed by atoms with van der Waals surface area (Å²) in [6.07, 6.45) is 0. The average Bonchev–Trinajstić information content (AvgIpc) is 2.63. The van der Waals surface area contributed by atoms with E-state index in [1.165, 1.54) is 24.3 Å². The molecule has 0 unspecified atom stereocenters. The highest BCUT2D eigenvalue weighted by atomic mass is 19.1. The zero-order valence-electron chi connectivity index (χ0n) is 12.9. The molecule has 1 N–H and O–H groups in total. The molecule has 0 atom stereocenters. The van der Waals surface area contributed by atoms with Gasteiger partial charge in [0.2, 0.25) is 0 Å². The first kappa shape index (κ1) is 15.7. The third-order valence-electron chi connectivity index (χ3n) is 3.45. The van der Waals surface area contributed by atoms with Crippen molar-refractivity contribution in [3.8, 4) is 5.75 Å². The second-order valence-corrected chi connectivity index (χ2v) is 5.26. The number of rotatable bonds is 5. The number of halogens is 1. The molecule has 3 aromatic rings. The Bertz CT molecular complexity index is 817. The van der Waals surface area contributed by atoms with Gasteiger partial charge < -0.3 is 10.1 Å². The van der Waals surface area contributed by atoms with Gasteiger partial charge in [0.25, 0.3) is 5.91 Å². The minimum absolute atomic E-state index is 0.272. The molecule has 0 aliphatic heterocycles. The standard InChI is InChI=1S/C20H16FNO2/c21-17-9-11-18(12-10-17)22-20(23)16-7-4-8-19(13-16)24-14-15-5-2-1-3-6-15/h1-13H,14H2,(H,22,23). The van der Waals surface area contributed by atoms with Gasteiger partial charge >= 0.3 is 0 Å². The van der Waals surface area contributed by atoms with Crippen molar-refractivity contribution in [1.82, 2.24) is 0 Å². The molecule has 0 aliphatic rings. The van der Waals surface area contributed by atoms with Gasteiger partial charge in [-0.1, -0.05) is 36.4 Å². The summed E-state index contributed by atoms with van der Waals surface area (Å²) in [5, 5.41) is 2.73. The lowest BCUT2D eigenvalue weighted by molar-refractivity contribution is 0.102. The summed E-state index contributed by atoms with van der Waals surface area (Å²) in [7, 11) is 0. The van der Waals surface area contributed by atoms with Gasteiger partial charge in [-0.2, -0.15) is 0 Å². The summed E-state index contributed by atoms with van der Waals surface area (Å²) < 4.78 is 18.6. The van der Waals surface area contributed by atoms with Gasteiger partial charge in [0.1, 0.15) is 18.2 Å². The summed E-state index contributed by atoms with van der Waals surface area (Å²) in [6.45, 7) is 0.434. The van der Waals surface area contributed by atoms with Gasteiger partial charge in [0.15, 0.2) is 0 Å². The van der Waals surface area contributed by atoms with E-state index in [0.717, 1.165) is 5.56 Å². The van der Waals surface area contributed by atoms with Crippen molar-refractivity contribution in [2.24, 2.45) is 0 Å². The highest BCUT2D eigenvalue weighted by Crippen LogP contribution is 2.17. The minimum Gasteiger partial charge on any atom is -0.489 e. The van der Waals surface area contributed by atoms with Crippen molar-refractivity contribution in [3.05, 3.63) is 95.8 Å². The third kappa shape index (κ3) is 4.20. The lowest BCUT2D eigenvalue weighted by atomic mass is 10.2. The van der Waals surface area contributed by atoms with E-state index in [0.29, 0.717) is 23.6 Å². The molecule has 0 aliphatic carbocycles. The van der Waals surface area contributed by atoms with Gasteiger partial charge in [-0.3, -0.25) is 4.79 Å². The Morgan fingerprint density at radius 3 is 2.42 bits per heavy atom. The predicted molar refractivity (Wildman–Crippen MR) is 91.6 cm³/mol. The van der Waals surface area contributed by atoms with Gasteiger partial charge in [-0.25, -0.2) is 4.39 Å². The van der Waals surface area contributed by atoms with Crippen LogP contribution >= 0.6 is 0 Å². The summed E-state index contributed by atoms with van der Waals surface area (Å²) in [5.41, 5.74) is 2.07. The molecule has 0 aromatic heterocycles. The number of anilines is 1. The molecule has 1 amide bonds. The van der Waals surface area contributed by atoms with Crippen molar-refractivity contribution in [3.63, 3.8) is 0 Å². The Labute approximate surface area is 139 Å². The maximum atomic E-state index is 12.9. The Kier molecular flexibility index (Phi) is 4.87. The molecule has 3 aromatic carbocycles. The summed E-state index contributed by atoms with van der Waals surface area (Å²) >= 11 is 0. The normalized spacial score (nSPS) is 10.2. The van der Waals surface area contributed by atoms with E-state index in [9.17, 15) is 9.18 Å². The fourth-order valence-corrected chi connectivity index (χ4v) is 2.20. The Hall–Kier alpha value is -3.14. The van der Waals surface area contributed by atoms with Crippen LogP contribution in [0, 0.1) is 5.82 Å². The van der Waals surface area contributed by atoms with Gasteiger partial charge in [-0.05, 0) is 48.0 Å². The van der Waals surface area contributed by atoms with E-state index in [1.807, 2.05) is 30.3 Å². The van der Waals surface area contributed by atoms with E-state index in [-0.39, 0.29) is 11.7 Å². The quantitative estimate of drug-likeness (QED) is 0.742. The number of amides is 1. The van der Waals surface area contributed by atoms with E-state index < -0.39 is 0 Å². The zero-order chi connectivity index (χ0) is 16.8. The van der Waals surface area contributed by atoms with Crippen molar-refractivity contribution in [1.29, 1.82) is 0 Å². The number of nitrogens with one attached hydrogen (secondary N) is 1. The van der Waals surface area contributed by atoms with Crippen LogP contribution in [0.2, 0.25) is 0 Å². The lowest BCUT2D eigenvalue weighted by Gasteiger charge is -2.09. The van der Waals surface area contributed by atoms with E-state index >= 15 is 0 Å². The predicted octanol–water partition coefficient (Wildman–Crippen LogP) is 4.66. The first-order valence-electron chi connectivity index (χ1n) is 7.54. The highest BCUT2D eigenvalue weighted by Gasteiger charge is 2.07. The minimum atomic E-state index is -0.343. The molecule has 4 heteroatoms. The Morgan fingerprint density at radius 2 is 1.67 bits per heavy atom. The SMILES string of the molecule is O=C(Nc1ccc(F)cc1)c1cccc(OCc2ccccc2)c1. The van der Waals surface area contributed by atoms with Crippen LogP contribution < -0.4 is 10.1 Å². The molecule has 0 radical (unpaired) electrons. The second-order valence-electron chi connectivity index (χ2n) is 5.26. The van der Waals surface area contributed by atoms with Crippen molar-refractivity contribution in [2.75, 3.05) is 5.32 Å². The monoisotopic (exact) mass is 321 g/mol. The van der Waals surface area contributed by atoms with Crippen molar-refractivity contribution in [2.45, 2.75) is 6.61 Å². The Morgan fingerprint density at radius 1 is 0.917 bits per heavy atom. The van der Waals surface area contributed by atoms with Crippen LogP contribution in [-0.4, -0.2) is 5.91 Å². The number of carbonyl (C=O) groups excluding carboxylic acids is 1. The van der Waals surface area contributed by atoms with Crippen LogP contribution in [-0.2, 0) is 6.61 Å². The summed E-state index contributed by atoms with van der Waals surface area (Å²) in [6, 6.07) is 22.4. The molecule has 24 heavy (non-hydrogen) atoms. The van der Waals surface area contributed by atoms with E-state index in [2.05, 4.69) is 5.32 Å². The van der Waals surface area contributed by atoms with Crippen LogP contribution in [0.3, 0.4) is 0 Å². The van der Waals surface area contributed by atoms with Gasteiger partial charge in [0.05, 0.1) is 0 Å². The molecule has 0 bridgehead atoms. The van der Waals surface area contributed by atoms with E-state index in [1.54, 1.807) is 24.3 Å². The maximum Gasteiger partial charge on any atom is 0.255 e. The van der Waals surface area contributed by atoms with Crippen LogP contribution in [0.15, 0.2) is 78.9 Å². The fraction of sp³-hybridized carbons (Fsp3) is 0.0500. The molecule has 3 nitrogen and oxygen atoms in total. The van der Waals surface area contributed by atoms with E-state index in [4.69, 9.17) is 4.74 Å². The largest absolute Gasteiger partial charge is 0.489 e. The topological polar surface area (TPSA) is 38.3 Å². The van der Waals surface area contributed by atoms with Crippen LogP contribution in [0.1, 0.15) is 15.9 Å². The number of carbonyl (C=O) groups is 1. The lowest BCUT2D eigenvalue weighted by Crippen LogP contribution is -2.12. The first-order chi connectivity index (χ1) is 11.7. The van der Waals surface area contributed by atoms with Crippen LogP contribution in [0.5, 0.6) is 5.75 Å². The number of ether oxygens (including phenoxy) is 1. The average molecular weight is 321 g/mol. The van der Waals surface area contributed by atoms with Crippen LogP contribution in [0.25, 0.3) is 0 Å². The van der Waals surface area contributed by atoms with Crippen molar-refractivity contribution < 1.29 is 13.9 Å². The zero-order valence-corrected chi connectivity index (χ0v) is 12.9. The van der Waals surface area contributed by atoms with Gasteiger partial charge in [-0.15, -0.1) is 0 Å². The Balaban J connectivity index is 1.65. The molecular weight excluding hydrogens is 305 g/mol. The number of benzene rings is 3. The molecule has 0 spiro atoms. The summed E-state index contributed by atoms with van der Waals surface area (Å²) in [5.74, 6) is 0.00156. The fourth-order valence-electron chi connectivity index (χ4n) is 2.20. The smallest absolute Gasteiger partial charge is 0.255 e. The molecular formula is C20H16FNO2. The maximum absolute atomic E-state index is 12.9. The number of hydrogen-bond acceptors (Lipinski definition) is 2. The molecule has 0 heterocycles. The molecule has 0 saturated carbocycles. The molecule has 0 fully saturated rings. The second kappa shape index (κ2) is 7.42.